The molecule has 9 nitrogen and oxygen atoms in total. The van der Waals surface area contributed by atoms with E-state index in [0.29, 0.717) is 30.9 Å². The molecule has 2 aliphatic rings. The topological polar surface area (TPSA) is 121 Å². The highest BCUT2D eigenvalue weighted by Gasteiger charge is 2.46. The van der Waals surface area contributed by atoms with Gasteiger partial charge in [-0.15, -0.1) is 0 Å². The van der Waals surface area contributed by atoms with Gasteiger partial charge in [0.25, 0.3) is 11.8 Å². The number of alkyl halides is 3. The number of fused-ring (bicyclic) bond motifs is 1. The van der Waals surface area contributed by atoms with E-state index in [9.17, 15) is 22.8 Å². The van der Waals surface area contributed by atoms with Gasteiger partial charge in [-0.25, -0.2) is 4.79 Å². The fourth-order valence-corrected chi connectivity index (χ4v) is 3.25. The number of halogens is 3. The van der Waals surface area contributed by atoms with Gasteiger partial charge >= 0.3 is 12.1 Å². The van der Waals surface area contributed by atoms with Crippen LogP contribution in [0, 0.1) is 5.92 Å². The number of amides is 2. The van der Waals surface area contributed by atoms with E-state index in [0.717, 1.165) is 5.56 Å². The lowest BCUT2D eigenvalue weighted by Crippen LogP contribution is -2.37. The van der Waals surface area contributed by atoms with Crippen LogP contribution in [0.1, 0.15) is 15.9 Å². The van der Waals surface area contributed by atoms with E-state index in [1.54, 1.807) is 29.4 Å². The molecule has 1 aromatic heterocycles. The second kappa shape index (κ2) is 10.1. The first-order valence-electron chi connectivity index (χ1n) is 9.72. The zero-order valence-electron chi connectivity index (χ0n) is 17.0. The van der Waals surface area contributed by atoms with Crippen LogP contribution >= 0.6 is 0 Å². The number of oxime groups is 1. The molecule has 0 saturated carbocycles. The molecule has 2 amide bonds. The molecule has 174 valence electrons. The van der Waals surface area contributed by atoms with Crippen LogP contribution in [0.4, 0.5) is 13.2 Å². The molecule has 1 fully saturated rings. The molecule has 0 radical (unpaired) electrons. The number of likely N-dealkylation sites (tertiary alicyclic amines) is 1. The maximum absolute atomic E-state index is 12.6. The smallest absolute Gasteiger partial charge is 0.475 e. The van der Waals surface area contributed by atoms with Crippen molar-refractivity contribution in [3.63, 3.8) is 0 Å². The number of aromatic nitrogens is 1. The van der Waals surface area contributed by atoms with Crippen molar-refractivity contribution in [2.24, 2.45) is 11.1 Å². The summed E-state index contributed by atoms with van der Waals surface area (Å²) in [7, 11) is 0. The number of aliphatic carboxylic acids is 1. The summed E-state index contributed by atoms with van der Waals surface area (Å²) in [6.45, 7) is 1.23. The van der Waals surface area contributed by atoms with Gasteiger partial charge in [-0.1, -0.05) is 29.4 Å². The summed E-state index contributed by atoms with van der Waals surface area (Å²) in [6.07, 6.45) is -1.96. The molecule has 0 unspecified atom stereocenters. The third-order valence-corrected chi connectivity index (χ3v) is 4.86. The fraction of sp³-hybridized carbons (Fsp3) is 0.286. The minimum absolute atomic E-state index is 0.0567. The number of nitrogens with one attached hydrogen (secondary N) is 1. The number of hydrogen-bond donors (Lipinski definition) is 2. The summed E-state index contributed by atoms with van der Waals surface area (Å²) in [6, 6.07) is 12.8. The molecule has 33 heavy (non-hydrogen) atoms. The number of carbonyl (C=O) groups excluding carboxylic acids is 2. The number of carboxylic acids is 1. The Morgan fingerprint density at radius 2 is 1.82 bits per heavy atom. The van der Waals surface area contributed by atoms with Gasteiger partial charge in [0.05, 0.1) is 12.5 Å². The quantitative estimate of drug-likeness (QED) is 0.713. The first kappa shape index (κ1) is 23.7. The van der Waals surface area contributed by atoms with Gasteiger partial charge in [0.15, 0.2) is 11.8 Å². The van der Waals surface area contributed by atoms with E-state index in [-0.39, 0.29) is 23.8 Å². The van der Waals surface area contributed by atoms with Crippen LogP contribution in [0.3, 0.4) is 0 Å². The van der Waals surface area contributed by atoms with Crippen molar-refractivity contribution in [1.29, 1.82) is 0 Å². The molecule has 0 spiro atoms. The van der Waals surface area contributed by atoms with Gasteiger partial charge in [0, 0.05) is 31.0 Å². The molecule has 2 aromatic rings. The zero-order chi connectivity index (χ0) is 24.0. The van der Waals surface area contributed by atoms with E-state index in [4.69, 9.17) is 14.7 Å². The summed E-state index contributed by atoms with van der Waals surface area (Å²) in [4.78, 5) is 45.1. The molecule has 4 rings (SSSR count). The van der Waals surface area contributed by atoms with Gasteiger partial charge < -0.3 is 20.2 Å². The minimum Gasteiger partial charge on any atom is -0.475 e. The Labute approximate surface area is 185 Å². The SMILES string of the molecule is O=C(NCc1cccnc1)C1=NO[C@@H]2CN(C(=O)c3ccccc3)C[C@H]12.O=C(O)C(F)(F)F. The molecule has 3 heterocycles. The highest BCUT2D eigenvalue weighted by Crippen LogP contribution is 2.28. The van der Waals surface area contributed by atoms with Crippen LogP contribution < -0.4 is 5.32 Å². The number of carboxylic acid groups (broad SMARTS) is 1. The van der Waals surface area contributed by atoms with E-state index in [2.05, 4.69) is 15.5 Å². The highest BCUT2D eigenvalue weighted by atomic mass is 19.4. The van der Waals surface area contributed by atoms with E-state index in [1.807, 2.05) is 30.3 Å². The van der Waals surface area contributed by atoms with Crippen molar-refractivity contribution in [2.45, 2.75) is 18.8 Å². The Balaban J connectivity index is 0.000000383. The summed E-state index contributed by atoms with van der Waals surface area (Å²) in [5.74, 6) is -3.28. The maximum Gasteiger partial charge on any atom is 0.490 e. The standard InChI is InChI=1S/C19H18N4O3.C2HF3O2/c24-18(21-10-13-5-4-8-20-9-13)17-15-11-23(12-16(15)26-22-17)19(25)14-6-2-1-3-7-14;3-2(4,5)1(6)7/h1-9,15-16H,10-12H2,(H,21,24);(H,6,7)/t15-,16+;/m0./s1. The number of hydrogen-bond acceptors (Lipinski definition) is 6. The number of pyridine rings is 1. The predicted molar refractivity (Wildman–Crippen MR) is 108 cm³/mol. The maximum atomic E-state index is 12.6. The molecule has 12 heteroatoms. The summed E-state index contributed by atoms with van der Waals surface area (Å²) in [5.41, 5.74) is 1.89. The monoisotopic (exact) mass is 464 g/mol. The van der Waals surface area contributed by atoms with Crippen LogP contribution in [0.2, 0.25) is 0 Å². The molecular formula is C21H19F3N4O5. The number of carbonyl (C=O) groups is 3. The second-order valence-corrected chi connectivity index (χ2v) is 7.15. The average Bonchev–Trinajstić information content (AvgIpc) is 3.39. The first-order chi connectivity index (χ1) is 15.7. The molecule has 0 aliphatic carbocycles. The predicted octanol–water partition coefficient (Wildman–Crippen LogP) is 1.86. The molecule has 2 atom stereocenters. The molecule has 2 aliphatic heterocycles. The van der Waals surface area contributed by atoms with Gasteiger partial charge in [0.2, 0.25) is 0 Å². The second-order valence-electron chi connectivity index (χ2n) is 7.15. The molecular weight excluding hydrogens is 445 g/mol. The highest BCUT2D eigenvalue weighted by molar-refractivity contribution is 6.40. The van der Waals surface area contributed by atoms with Gasteiger partial charge in [-0.2, -0.15) is 13.2 Å². The van der Waals surface area contributed by atoms with Crippen LogP contribution in [0.5, 0.6) is 0 Å². The van der Waals surface area contributed by atoms with Crippen molar-refractivity contribution < 1.29 is 37.5 Å². The normalized spacial score (nSPS) is 18.9. The van der Waals surface area contributed by atoms with Gasteiger partial charge in [-0.3, -0.25) is 14.6 Å². The Hall–Kier alpha value is -3.96. The summed E-state index contributed by atoms with van der Waals surface area (Å²) in [5, 5.41) is 13.9. The third kappa shape index (κ3) is 6.05. The largest absolute Gasteiger partial charge is 0.490 e. The first-order valence-corrected chi connectivity index (χ1v) is 9.72. The number of rotatable bonds is 4. The zero-order valence-corrected chi connectivity index (χ0v) is 17.0. The number of benzene rings is 1. The lowest BCUT2D eigenvalue weighted by molar-refractivity contribution is -0.192. The fourth-order valence-electron chi connectivity index (χ4n) is 3.25. The van der Waals surface area contributed by atoms with Crippen LogP contribution in [0.25, 0.3) is 0 Å². The van der Waals surface area contributed by atoms with Crippen LogP contribution in [0.15, 0.2) is 60.0 Å². The van der Waals surface area contributed by atoms with Crippen LogP contribution in [-0.2, 0) is 21.0 Å². The van der Waals surface area contributed by atoms with Crippen LogP contribution in [-0.4, -0.2) is 63.9 Å². The minimum atomic E-state index is -5.08. The van der Waals surface area contributed by atoms with Gasteiger partial charge in [-0.05, 0) is 23.8 Å². The average molecular weight is 464 g/mol. The molecule has 0 bridgehead atoms. The number of nitrogens with zero attached hydrogens (tertiary/aromatic N) is 3. The Morgan fingerprint density at radius 3 is 2.42 bits per heavy atom. The third-order valence-electron chi connectivity index (χ3n) is 4.86. The van der Waals surface area contributed by atoms with Crippen molar-refractivity contribution in [3.8, 4) is 0 Å². The molecule has 1 aromatic carbocycles. The van der Waals surface area contributed by atoms with E-state index in [1.165, 1.54) is 0 Å². The van der Waals surface area contributed by atoms with Crippen molar-refractivity contribution in [1.82, 2.24) is 15.2 Å². The van der Waals surface area contributed by atoms with Gasteiger partial charge in [0.1, 0.15) is 0 Å². The van der Waals surface area contributed by atoms with E-state index < -0.39 is 12.1 Å². The van der Waals surface area contributed by atoms with Crippen molar-refractivity contribution in [3.05, 3.63) is 66.0 Å². The van der Waals surface area contributed by atoms with Crippen molar-refractivity contribution in [2.75, 3.05) is 13.1 Å². The Morgan fingerprint density at radius 1 is 1.12 bits per heavy atom. The molecule has 1 saturated heterocycles. The molecule has 2 N–H and O–H groups in total. The lowest BCUT2D eigenvalue weighted by atomic mass is 10.0. The van der Waals surface area contributed by atoms with E-state index >= 15 is 0 Å². The summed E-state index contributed by atoms with van der Waals surface area (Å²) >= 11 is 0. The Kier molecular flexibility index (Phi) is 7.26. The summed E-state index contributed by atoms with van der Waals surface area (Å²) < 4.78 is 31.7. The Bertz CT molecular complexity index is 1030. The van der Waals surface area contributed by atoms with Crippen molar-refractivity contribution >= 4 is 23.5 Å². The lowest BCUT2D eigenvalue weighted by Gasteiger charge is -2.16.